The Morgan fingerprint density at radius 1 is 0.943 bits per heavy atom. The van der Waals surface area contributed by atoms with E-state index >= 15 is 0 Å². The molecule has 1 aromatic rings. The number of carbonyl (C=O) groups excluding carboxylic acids is 1. The maximum atomic E-state index is 12.4. The molecule has 1 atom stereocenters. The van der Waals surface area contributed by atoms with Gasteiger partial charge in [0.1, 0.15) is 0 Å². The molecule has 0 aromatic heterocycles. The van der Waals surface area contributed by atoms with Crippen LogP contribution in [0.15, 0.2) is 40.9 Å². The molecule has 6 nitrogen and oxygen atoms in total. The highest BCUT2D eigenvalue weighted by atomic mass is 79.9. The average Bonchev–Trinajstić information content (AvgIpc) is 2.81. The highest BCUT2D eigenvalue weighted by Gasteiger charge is 2.20. The molecule has 1 unspecified atom stereocenters. The standard InChI is InChI=1S/C27H45BrNO5P/c1-2-3-4-5-6-7-8-9-10-11-12-13-14-15-16-17-27(30)29-26(23-34-35(31,32)33)22-24-18-20-25(28)21-19-24/h9-10,18-21,26H,2-8,11-17,22-23H2,1H3,(H,29,30)(H2,31,32,33). The number of rotatable bonds is 21. The molecule has 0 radical (unpaired) electrons. The Balaban J connectivity index is 2.15. The third-order valence-electron chi connectivity index (χ3n) is 5.87. The molecular formula is C27H45BrNO5P. The lowest BCUT2D eigenvalue weighted by atomic mass is 10.1. The monoisotopic (exact) mass is 573 g/mol. The Morgan fingerprint density at radius 2 is 1.49 bits per heavy atom. The van der Waals surface area contributed by atoms with Gasteiger partial charge in [0.2, 0.25) is 5.91 Å². The van der Waals surface area contributed by atoms with E-state index in [0.717, 1.165) is 35.7 Å². The van der Waals surface area contributed by atoms with Crippen molar-refractivity contribution < 1.29 is 23.7 Å². The molecule has 8 heteroatoms. The molecule has 0 bridgehead atoms. The summed E-state index contributed by atoms with van der Waals surface area (Å²) in [6, 6.07) is 7.10. The Bertz CT molecular complexity index is 750. The number of carbonyl (C=O) groups is 1. The minimum atomic E-state index is -4.59. The van der Waals surface area contributed by atoms with Crippen LogP contribution in [-0.2, 0) is 20.3 Å². The molecule has 0 heterocycles. The number of nitrogens with one attached hydrogen (secondary N) is 1. The number of hydrogen-bond acceptors (Lipinski definition) is 3. The molecule has 0 spiro atoms. The van der Waals surface area contributed by atoms with Gasteiger partial charge < -0.3 is 15.1 Å². The van der Waals surface area contributed by atoms with Crippen molar-refractivity contribution in [2.75, 3.05) is 6.61 Å². The summed E-state index contributed by atoms with van der Waals surface area (Å²) in [4.78, 5) is 30.4. The first-order valence-electron chi connectivity index (χ1n) is 13.2. The van der Waals surface area contributed by atoms with Gasteiger partial charge >= 0.3 is 7.82 Å². The number of unbranched alkanes of at least 4 members (excludes halogenated alkanes) is 11. The van der Waals surface area contributed by atoms with E-state index in [0.29, 0.717) is 12.8 Å². The smallest absolute Gasteiger partial charge is 0.351 e. The molecule has 1 amide bonds. The van der Waals surface area contributed by atoms with Gasteiger partial charge in [-0.2, -0.15) is 0 Å². The fraction of sp³-hybridized carbons (Fsp3) is 0.667. The van der Waals surface area contributed by atoms with Gasteiger partial charge in [0.05, 0.1) is 12.6 Å². The van der Waals surface area contributed by atoms with Gasteiger partial charge in [0.15, 0.2) is 0 Å². The van der Waals surface area contributed by atoms with Crippen LogP contribution in [0, 0.1) is 0 Å². The first-order chi connectivity index (χ1) is 16.8. The van der Waals surface area contributed by atoms with E-state index in [1.807, 2.05) is 24.3 Å². The highest BCUT2D eigenvalue weighted by molar-refractivity contribution is 9.10. The second-order valence-corrected chi connectivity index (χ2v) is 11.4. The Morgan fingerprint density at radius 3 is 2.06 bits per heavy atom. The predicted octanol–water partition coefficient (Wildman–Crippen LogP) is 7.62. The van der Waals surface area contributed by atoms with E-state index < -0.39 is 13.9 Å². The maximum Gasteiger partial charge on any atom is 0.469 e. The van der Waals surface area contributed by atoms with Crippen LogP contribution in [-0.4, -0.2) is 28.3 Å². The molecule has 0 fully saturated rings. The Hall–Kier alpha value is -0.980. The fourth-order valence-electron chi connectivity index (χ4n) is 3.90. The summed E-state index contributed by atoms with van der Waals surface area (Å²) in [7, 11) is -4.59. The number of allylic oxidation sites excluding steroid dienone is 2. The van der Waals surface area contributed by atoms with Crippen LogP contribution >= 0.6 is 23.8 Å². The number of halogens is 1. The molecule has 0 saturated carbocycles. The number of phosphoric ester groups is 1. The van der Waals surface area contributed by atoms with Crippen molar-refractivity contribution in [3.63, 3.8) is 0 Å². The predicted molar refractivity (Wildman–Crippen MR) is 147 cm³/mol. The Labute approximate surface area is 220 Å². The van der Waals surface area contributed by atoms with Crippen LogP contribution in [0.1, 0.15) is 102 Å². The molecule has 0 aliphatic heterocycles. The van der Waals surface area contributed by atoms with Gasteiger partial charge in [0, 0.05) is 10.9 Å². The lowest BCUT2D eigenvalue weighted by Gasteiger charge is -2.19. The molecule has 35 heavy (non-hydrogen) atoms. The number of hydrogen-bond donors (Lipinski definition) is 3. The number of benzene rings is 1. The molecule has 1 rings (SSSR count). The van der Waals surface area contributed by atoms with Crippen molar-refractivity contribution in [2.45, 2.75) is 109 Å². The fourth-order valence-corrected chi connectivity index (χ4v) is 4.54. The normalized spacial score (nSPS) is 12.8. The van der Waals surface area contributed by atoms with Crippen molar-refractivity contribution in [2.24, 2.45) is 0 Å². The summed E-state index contributed by atoms with van der Waals surface area (Å²) in [5.41, 5.74) is 0.953. The third-order valence-corrected chi connectivity index (χ3v) is 6.88. The van der Waals surface area contributed by atoms with Gasteiger partial charge in [-0.3, -0.25) is 9.32 Å². The SMILES string of the molecule is CCCCCCCCC=CCCCCCCCC(=O)NC(COP(=O)(O)O)Cc1ccc(Br)cc1. The van der Waals surface area contributed by atoms with E-state index in [4.69, 9.17) is 9.79 Å². The average molecular weight is 575 g/mol. The summed E-state index contributed by atoms with van der Waals surface area (Å²) in [6.45, 7) is 2.01. The van der Waals surface area contributed by atoms with Crippen LogP contribution in [0.3, 0.4) is 0 Å². The Kier molecular flexibility index (Phi) is 18.4. The van der Waals surface area contributed by atoms with Gasteiger partial charge in [0.25, 0.3) is 0 Å². The molecule has 3 N–H and O–H groups in total. The van der Waals surface area contributed by atoms with Crippen molar-refractivity contribution >= 4 is 29.7 Å². The van der Waals surface area contributed by atoms with E-state index in [9.17, 15) is 9.36 Å². The van der Waals surface area contributed by atoms with Gasteiger partial charge in [-0.15, -0.1) is 0 Å². The number of amides is 1. The van der Waals surface area contributed by atoms with E-state index in [2.05, 4.69) is 44.8 Å². The van der Waals surface area contributed by atoms with E-state index in [1.165, 1.54) is 57.8 Å². The lowest BCUT2D eigenvalue weighted by Crippen LogP contribution is -2.39. The van der Waals surface area contributed by atoms with Crippen molar-refractivity contribution in [1.29, 1.82) is 0 Å². The van der Waals surface area contributed by atoms with Gasteiger partial charge in [-0.1, -0.05) is 98.5 Å². The van der Waals surface area contributed by atoms with Crippen LogP contribution in [0.4, 0.5) is 0 Å². The summed E-state index contributed by atoms with van der Waals surface area (Å²) in [5, 5.41) is 2.87. The zero-order chi connectivity index (χ0) is 25.8. The molecule has 0 saturated heterocycles. The second kappa shape index (κ2) is 20.1. The topological polar surface area (TPSA) is 95.9 Å². The van der Waals surface area contributed by atoms with E-state index in [-0.39, 0.29) is 12.5 Å². The van der Waals surface area contributed by atoms with Crippen molar-refractivity contribution in [1.82, 2.24) is 5.32 Å². The molecule has 0 aliphatic carbocycles. The molecule has 1 aromatic carbocycles. The zero-order valence-electron chi connectivity index (χ0n) is 21.3. The molecule has 200 valence electrons. The van der Waals surface area contributed by atoms with Crippen LogP contribution in [0.5, 0.6) is 0 Å². The summed E-state index contributed by atoms with van der Waals surface area (Å²) in [5.74, 6) is -0.112. The maximum absolute atomic E-state index is 12.4. The van der Waals surface area contributed by atoms with Crippen LogP contribution in [0.2, 0.25) is 0 Å². The largest absolute Gasteiger partial charge is 0.469 e. The van der Waals surface area contributed by atoms with Crippen LogP contribution in [0.25, 0.3) is 0 Å². The van der Waals surface area contributed by atoms with Gasteiger partial charge in [-0.25, -0.2) is 4.57 Å². The van der Waals surface area contributed by atoms with Gasteiger partial charge in [-0.05, 0) is 56.2 Å². The summed E-state index contributed by atoms with van der Waals surface area (Å²) >= 11 is 3.38. The quantitative estimate of drug-likeness (QED) is 0.0798. The number of phosphoric acid groups is 1. The van der Waals surface area contributed by atoms with Crippen LogP contribution < -0.4 is 5.32 Å². The molecular weight excluding hydrogens is 529 g/mol. The second-order valence-electron chi connectivity index (χ2n) is 9.22. The minimum absolute atomic E-state index is 0.112. The zero-order valence-corrected chi connectivity index (χ0v) is 23.8. The lowest BCUT2D eigenvalue weighted by molar-refractivity contribution is -0.122. The molecule has 0 aliphatic rings. The third kappa shape index (κ3) is 19.8. The summed E-state index contributed by atoms with van der Waals surface area (Å²) < 4.78 is 16.7. The highest BCUT2D eigenvalue weighted by Crippen LogP contribution is 2.35. The summed E-state index contributed by atoms with van der Waals surface area (Å²) in [6.07, 6.45) is 21.2. The van der Waals surface area contributed by atoms with Crippen molar-refractivity contribution in [3.8, 4) is 0 Å². The van der Waals surface area contributed by atoms with E-state index in [1.54, 1.807) is 0 Å². The first-order valence-corrected chi connectivity index (χ1v) is 15.5. The minimum Gasteiger partial charge on any atom is -0.351 e. The first kappa shape index (κ1) is 32.0. The van der Waals surface area contributed by atoms with Crippen molar-refractivity contribution in [3.05, 3.63) is 46.5 Å².